The fourth-order valence-electron chi connectivity index (χ4n) is 1.29. The fourth-order valence-corrected chi connectivity index (χ4v) is 2.07. The molecule has 0 aliphatic carbocycles. The summed E-state index contributed by atoms with van der Waals surface area (Å²) < 4.78 is 22.2. The zero-order valence-corrected chi connectivity index (χ0v) is 9.76. The first-order valence-corrected chi connectivity index (χ1v) is 6.62. The molecule has 15 heavy (non-hydrogen) atoms. The van der Waals surface area contributed by atoms with Crippen LogP contribution in [0.5, 0.6) is 0 Å². The Hall–Kier alpha value is -1.29. The highest BCUT2D eigenvalue weighted by Gasteiger charge is 2.04. The van der Waals surface area contributed by atoms with Crippen LogP contribution in [0.15, 0.2) is 36.5 Å². The second kappa shape index (κ2) is 4.49. The molecule has 0 saturated carbocycles. The van der Waals surface area contributed by atoms with Crippen LogP contribution in [0.25, 0.3) is 0 Å². The molecule has 0 radical (unpaired) electrons. The summed E-state index contributed by atoms with van der Waals surface area (Å²) in [6.07, 6.45) is 1.23. The molecule has 0 fully saturated rings. The number of benzene rings is 1. The molecule has 0 bridgehead atoms. The van der Waals surface area contributed by atoms with Crippen LogP contribution in [0.3, 0.4) is 0 Å². The zero-order valence-electron chi connectivity index (χ0n) is 8.95. The van der Waals surface area contributed by atoms with Crippen molar-refractivity contribution in [3.05, 3.63) is 42.1 Å². The van der Waals surface area contributed by atoms with E-state index in [-0.39, 0.29) is 5.75 Å². The summed E-state index contributed by atoms with van der Waals surface area (Å²) in [5.41, 5.74) is 2.47. The van der Waals surface area contributed by atoms with Crippen molar-refractivity contribution in [1.82, 2.24) is 0 Å². The minimum Gasteiger partial charge on any atom is -0.360 e. The van der Waals surface area contributed by atoms with E-state index < -0.39 is 9.84 Å². The van der Waals surface area contributed by atoms with Crippen LogP contribution in [-0.4, -0.2) is 14.7 Å². The van der Waals surface area contributed by atoms with E-state index in [0.717, 1.165) is 16.9 Å². The van der Waals surface area contributed by atoms with Crippen LogP contribution in [0.4, 0.5) is 5.69 Å². The Balaban J connectivity index is 2.88. The van der Waals surface area contributed by atoms with Crippen molar-refractivity contribution < 1.29 is 8.42 Å². The van der Waals surface area contributed by atoms with E-state index in [4.69, 9.17) is 0 Å². The Morgan fingerprint density at radius 3 is 2.67 bits per heavy atom. The summed E-state index contributed by atoms with van der Waals surface area (Å²) in [6.45, 7) is 5.58. The van der Waals surface area contributed by atoms with E-state index in [9.17, 15) is 8.42 Å². The number of sulfone groups is 1. The Morgan fingerprint density at radius 1 is 1.47 bits per heavy atom. The molecule has 1 aromatic rings. The number of allylic oxidation sites excluding steroid dienone is 1. The van der Waals surface area contributed by atoms with Crippen LogP contribution in [0.2, 0.25) is 0 Å². The van der Waals surface area contributed by atoms with Gasteiger partial charge in [-0.2, -0.15) is 0 Å². The zero-order chi connectivity index (χ0) is 11.5. The predicted molar refractivity (Wildman–Crippen MR) is 63.4 cm³/mol. The minimum absolute atomic E-state index is 0.0682. The third-order valence-corrected chi connectivity index (χ3v) is 2.57. The number of nitrogens with one attached hydrogen (secondary N) is 1. The molecule has 3 nitrogen and oxygen atoms in total. The van der Waals surface area contributed by atoms with E-state index in [1.807, 2.05) is 25.1 Å². The van der Waals surface area contributed by atoms with Crippen LogP contribution < -0.4 is 5.32 Å². The highest BCUT2D eigenvalue weighted by molar-refractivity contribution is 7.89. The van der Waals surface area contributed by atoms with Gasteiger partial charge < -0.3 is 5.32 Å². The Bertz CT molecular complexity index is 463. The molecule has 0 atom stereocenters. The van der Waals surface area contributed by atoms with Gasteiger partial charge in [0.25, 0.3) is 0 Å². The number of hydrogen-bond acceptors (Lipinski definition) is 3. The van der Waals surface area contributed by atoms with Gasteiger partial charge in [-0.1, -0.05) is 18.7 Å². The van der Waals surface area contributed by atoms with Crippen molar-refractivity contribution in [2.24, 2.45) is 0 Å². The molecule has 1 N–H and O–H groups in total. The Morgan fingerprint density at radius 2 is 2.13 bits per heavy atom. The minimum atomic E-state index is -2.97. The normalized spacial score (nSPS) is 11.1. The summed E-state index contributed by atoms with van der Waals surface area (Å²) in [5.74, 6) is 0.0682. The molecule has 0 amide bonds. The topological polar surface area (TPSA) is 46.2 Å². The van der Waals surface area contributed by atoms with Gasteiger partial charge in [0.15, 0.2) is 9.84 Å². The molecule has 0 heterocycles. The molecule has 1 aromatic carbocycles. The van der Waals surface area contributed by atoms with Crippen molar-refractivity contribution in [2.45, 2.75) is 12.7 Å². The van der Waals surface area contributed by atoms with Crippen LogP contribution in [-0.2, 0) is 15.6 Å². The summed E-state index contributed by atoms with van der Waals surface area (Å²) in [7, 11) is -2.97. The van der Waals surface area contributed by atoms with Gasteiger partial charge in [-0.25, -0.2) is 8.42 Å². The molecule has 82 valence electrons. The van der Waals surface area contributed by atoms with Gasteiger partial charge in [-0.05, 0) is 24.6 Å². The molecule has 0 spiro atoms. The first kappa shape index (κ1) is 11.8. The average Bonchev–Trinajstić information content (AvgIpc) is 1.99. The van der Waals surface area contributed by atoms with Gasteiger partial charge in [0.2, 0.25) is 0 Å². The lowest BCUT2D eigenvalue weighted by molar-refractivity contribution is 0.601. The van der Waals surface area contributed by atoms with Crippen molar-refractivity contribution in [1.29, 1.82) is 0 Å². The van der Waals surface area contributed by atoms with E-state index in [1.54, 1.807) is 6.07 Å². The summed E-state index contributed by atoms with van der Waals surface area (Å²) in [4.78, 5) is 0. The lowest BCUT2D eigenvalue weighted by Gasteiger charge is -2.06. The third kappa shape index (κ3) is 4.65. The molecule has 4 heteroatoms. The standard InChI is InChI=1S/C11H15NO2S/c1-9(2)12-11-6-4-5-10(7-11)8-15(3,13)14/h4-7,12H,1,8H2,2-3H3. The van der Waals surface area contributed by atoms with E-state index in [0.29, 0.717) is 0 Å². The SMILES string of the molecule is C=C(C)Nc1cccc(CS(C)(=O)=O)c1. The van der Waals surface area contributed by atoms with E-state index in [1.165, 1.54) is 6.26 Å². The van der Waals surface area contributed by atoms with Gasteiger partial charge in [-0.15, -0.1) is 0 Å². The average molecular weight is 225 g/mol. The molecule has 0 aliphatic heterocycles. The second-order valence-corrected chi connectivity index (χ2v) is 5.82. The van der Waals surface area contributed by atoms with Crippen molar-refractivity contribution in [3.8, 4) is 0 Å². The summed E-state index contributed by atoms with van der Waals surface area (Å²) >= 11 is 0. The highest BCUT2D eigenvalue weighted by atomic mass is 32.2. The first-order valence-electron chi connectivity index (χ1n) is 4.56. The van der Waals surface area contributed by atoms with Gasteiger partial charge in [0.1, 0.15) is 0 Å². The molecule has 0 saturated heterocycles. The van der Waals surface area contributed by atoms with Crippen LogP contribution >= 0.6 is 0 Å². The molecule has 0 aromatic heterocycles. The fraction of sp³-hybridized carbons (Fsp3) is 0.273. The highest BCUT2D eigenvalue weighted by Crippen LogP contribution is 2.14. The lowest BCUT2D eigenvalue weighted by Crippen LogP contribution is -2.01. The van der Waals surface area contributed by atoms with Crippen LogP contribution in [0.1, 0.15) is 12.5 Å². The molecular weight excluding hydrogens is 210 g/mol. The third-order valence-electron chi connectivity index (χ3n) is 1.71. The maximum atomic E-state index is 11.1. The van der Waals surface area contributed by atoms with E-state index in [2.05, 4.69) is 11.9 Å². The van der Waals surface area contributed by atoms with Crippen LogP contribution in [0, 0.1) is 0 Å². The smallest absolute Gasteiger partial charge is 0.151 e. The van der Waals surface area contributed by atoms with Crippen molar-refractivity contribution >= 4 is 15.5 Å². The van der Waals surface area contributed by atoms with Crippen molar-refractivity contribution in [2.75, 3.05) is 11.6 Å². The first-order chi connectivity index (χ1) is 6.87. The lowest BCUT2D eigenvalue weighted by atomic mass is 10.2. The van der Waals surface area contributed by atoms with Crippen molar-refractivity contribution in [3.63, 3.8) is 0 Å². The molecule has 0 aliphatic rings. The van der Waals surface area contributed by atoms with Gasteiger partial charge in [0.05, 0.1) is 5.75 Å². The summed E-state index contributed by atoms with van der Waals surface area (Å²) in [5, 5.41) is 3.04. The molecular formula is C11H15NO2S. The Labute approximate surface area is 90.7 Å². The largest absolute Gasteiger partial charge is 0.360 e. The van der Waals surface area contributed by atoms with Gasteiger partial charge in [0, 0.05) is 17.6 Å². The maximum absolute atomic E-state index is 11.1. The monoisotopic (exact) mass is 225 g/mol. The maximum Gasteiger partial charge on any atom is 0.151 e. The number of anilines is 1. The molecule has 0 unspecified atom stereocenters. The Kier molecular flexibility index (Phi) is 3.52. The number of hydrogen-bond donors (Lipinski definition) is 1. The predicted octanol–water partition coefficient (Wildman–Crippen LogP) is 2.18. The number of rotatable bonds is 4. The second-order valence-electron chi connectivity index (χ2n) is 3.68. The summed E-state index contributed by atoms with van der Waals surface area (Å²) in [6, 6.07) is 7.31. The molecule has 1 rings (SSSR count). The van der Waals surface area contributed by atoms with Gasteiger partial charge >= 0.3 is 0 Å². The van der Waals surface area contributed by atoms with E-state index >= 15 is 0 Å². The van der Waals surface area contributed by atoms with Gasteiger partial charge in [-0.3, -0.25) is 0 Å². The quantitative estimate of drug-likeness (QED) is 0.854.